The number of ether oxygens (including phenoxy) is 1. The van der Waals surface area contributed by atoms with Gasteiger partial charge in [-0.15, -0.1) is 22.7 Å². The molecule has 2 aromatic heterocycles. The molecule has 0 radical (unpaired) electrons. The first-order valence-corrected chi connectivity index (χ1v) is 10.7. The Kier molecular flexibility index (Phi) is 5.40. The number of hydrogen-bond acceptors (Lipinski definition) is 5. The molecule has 140 valence electrons. The zero-order valence-electron chi connectivity index (χ0n) is 15.1. The van der Waals surface area contributed by atoms with Crippen molar-refractivity contribution >= 4 is 28.6 Å². The van der Waals surface area contributed by atoms with Crippen LogP contribution in [0.4, 0.5) is 0 Å². The van der Waals surface area contributed by atoms with Crippen LogP contribution in [0.5, 0.6) is 5.75 Å². The maximum absolute atomic E-state index is 6.12. The van der Waals surface area contributed by atoms with Gasteiger partial charge in [0.05, 0.1) is 28.2 Å². The molecule has 1 aliphatic heterocycles. The lowest BCUT2D eigenvalue weighted by Gasteiger charge is -2.26. The summed E-state index contributed by atoms with van der Waals surface area (Å²) < 4.78 is 5.69. The fourth-order valence-corrected chi connectivity index (χ4v) is 4.77. The molecular formula is C20H22N4OS2. The molecule has 3 N–H and O–H groups in total. The highest BCUT2D eigenvalue weighted by Gasteiger charge is 2.21. The number of aliphatic imine (C=N–C) groups is 1. The van der Waals surface area contributed by atoms with Crippen LogP contribution in [0.3, 0.4) is 0 Å². The molecular weight excluding hydrogens is 376 g/mol. The molecule has 0 bridgehead atoms. The van der Waals surface area contributed by atoms with Crippen molar-refractivity contribution in [3.8, 4) is 16.3 Å². The van der Waals surface area contributed by atoms with Gasteiger partial charge in [0, 0.05) is 35.2 Å². The first kappa shape index (κ1) is 18.0. The van der Waals surface area contributed by atoms with Gasteiger partial charge < -0.3 is 15.8 Å². The largest absolute Gasteiger partial charge is 0.493 e. The Morgan fingerprint density at radius 2 is 2.22 bits per heavy atom. The Bertz CT molecular complexity index is 947. The van der Waals surface area contributed by atoms with Crippen LogP contribution in [-0.4, -0.2) is 24.1 Å². The summed E-state index contributed by atoms with van der Waals surface area (Å²) in [7, 11) is 0. The van der Waals surface area contributed by atoms with Gasteiger partial charge in [0.2, 0.25) is 0 Å². The van der Waals surface area contributed by atoms with E-state index in [2.05, 4.69) is 38.9 Å². The fourth-order valence-electron chi connectivity index (χ4n) is 3.13. The summed E-state index contributed by atoms with van der Waals surface area (Å²) in [5, 5.41) is 6.54. The number of guanidine groups is 1. The van der Waals surface area contributed by atoms with Gasteiger partial charge >= 0.3 is 0 Å². The van der Waals surface area contributed by atoms with Gasteiger partial charge in [0.25, 0.3) is 0 Å². The number of thiazole rings is 1. The lowest BCUT2D eigenvalue weighted by Crippen LogP contribution is -2.37. The van der Waals surface area contributed by atoms with Crippen molar-refractivity contribution in [1.29, 1.82) is 0 Å². The van der Waals surface area contributed by atoms with Crippen molar-refractivity contribution < 1.29 is 4.74 Å². The Morgan fingerprint density at radius 1 is 1.33 bits per heavy atom. The van der Waals surface area contributed by atoms with Crippen LogP contribution in [0.15, 0.2) is 46.8 Å². The second-order valence-electron chi connectivity index (χ2n) is 6.41. The zero-order valence-corrected chi connectivity index (χ0v) is 16.8. The molecule has 0 fully saturated rings. The van der Waals surface area contributed by atoms with Gasteiger partial charge in [-0.25, -0.2) is 4.98 Å². The molecule has 1 aliphatic rings. The van der Waals surface area contributed by atoms with Crippen LogP contribution in [0, 0.1) is 6.92 Å². The standard InChI is InChI=1S/C20H22N4OS2/c1-13-23-17(12-26-13)19-7-6-14(27-19)8-10-22-20(21)24-16-9-11-25-18-5-3-2-4-15(16)18/h2-7,12,16H,8-11H2,1H3,(H3,21,22,24). The quantitative estimate of drug-likeness (QED) is 0.500. The van der Waals surface area contributed by atoms with E-state index in [1.165, 1.54) is 9.75 Å². The Labute approximate surface area is 166 Å². The lowest BCUT2D eigenvalue weighted by molar-refractivity contribution is 0.262. The number of nitrogens with two attached hydrogens (primary N) is 1. The van der Waals surface area contributed by atoms with Crippen molar-refractivity contribution in [3.05, 3.63) is 57.2 Å². The van der Waals surface area contributed by atoms with Crippen molar-refractivity contribution in [2.75, 3.05) is 13.2 Å². The van der Waals surface area contributed by atoms with Gasteiger partial charge in [-0.1, -0.05) is 18.2 Å². The third-order valence-electron chi connectivity index (χ3n) is 4.45. The summed E-state index contributed by atoms with van der Waals surface area (Å²) >= 11 is 3.46. The average molecular weight is 399 g/mol. The van der Waals surface area contributed by atoms with Gasteiger partial charge in [0.15, 0.2) is 5.96 Å². The van der Waals surface area contributed by atoms with Crippen molar-refractivity contribution in [2.45, 2.75) is 25.8 Å². The Balaban J connectivity index is 1.33. The van der Waals surface area contributed by atoms with Gasteiger partial charge in [0.1, 0.15) is 5.75 Å². The predicted molar refractivity (Wildman–Crippen MR) is 113 cm³/mol. The molecule has 3 heterocycles. The van der Waals surface area contributed by atoms with Crippen molar-refractivity contribution in [2.24, 2.45) is 10.7 Å². The van der Waals surface area contributed by atoms with E-state index in [1.54, 1.807) is 22.7 Å². The third-order valence-corrected chi connectivity index (χ3v) is 6.40. The number of fused-ring (bicyclic) bond motifs is 1. The second kappa shape index (κ2) is 8.10. The first-order chi connectivity index (χ1) is 13.2. The molecule has 0 saturated heterocycles. The molecule has 1 aromatic carbocycles. The van der Waals surface area contributed by atoms with Gasteiger partial charge in [-0.3, -0.25) is 4.99 Å². The zero-order chi connectivity index (χ0) is 18.6. The number of nitrogens with zero attached hydrogens (tertiary/aromatic N) is 2. The molecule has 3 aromatic rings. The monoisotopic (exact) mass is 398 g/mol. The van der Waals surface area contributed by atoms with Crippen molar-refractivity contribution in [3.63, 3.8) is 0 Å². The molecule has 4 rings (SSSR count). The third kappa shape index (κ3) is 4.31. The Hall–Kier alpha value is -2.38. The molecule has 7 heteroatoms. The van der Waals surface area contributed by atoms with E-state index in [-0.39, 0.29) is 6.04 Å². The summed E-state index contributed by atoms with van der Waals surface area (Å²) in [6.45, 7) is 3.39. The molecule has 5 nitrogen and oxygen atoms in total. The number of thiophene rings is 1. The van der Waals surface area contributed by atoms with E-state index < -0.39 is 0 Å². The highest BCUT2D eigenvalue weighted by molar-refractivity contribution is 7.16. The number of benzene rings is 1. The maximum atomic E-state index is 6.12. The van der Waals surface area contributed by atoms with Crippen LogP contribution in [0.25, 0.3) is 10.6 Å². The molecule has 1 atom stereocenters. The highest BCUT2D eigenvalue weighted by Crippen LogP contribution is 2.31. The van der Waals surface area contributed by atoms with E-state index in [0.717, 1.165) is 34.9 Å². The van der Waals surface area contributed by atoms with E-state index in [0.29, 0.717) is 19.1 Å². The summed E-state index contributed by atoms with van der Waals surface area (Å²) in [5.74, 6) is 1.42. The van der Waals surface area contributed by atoms with Gasteiger partial charge in [-0.05, 0) is 25.1 Å². The first-order valence-electron chi connectivity index (χ1n) is 8.98. The molecule has 0 aliphatic carbocycles. The van der Waals surface area contributed by atoms with Crippen LogP contribution in [-0.2, 0) is 6.42 Å². The maximum Gasteiger partial charge on any atom is 0.189 e. The number of hydrogen-bond donors (Lipinski definition) is 2. The summed E-state index contributed by atoms with van der Waals surface area (Å²) in [5.41, 5.74) is 8.33. The molecule has 0 saturated carbocycles. The molecule has 0 amide bonds. The average Bonchev–Trinajstić information content (AvgIpc) is 3.31. The minimum atomic E-state index is 0.153. The number of aryl methyl sites for hydroxylation is 1. The van der Waals surface area contributed by atoms with E-state index in [4.69, 9.17) is 10.5 Å². The van der Waals surface area contributed by atoms with Crippen LogP contribution < -0.4 is 15.8 Å². The minimum absolute atomic E-state index is 0.153. The number of rotatable bonds is 5. The summed E-state index contributed by atoms with van der Waals surface area (Å²) in [6.07, 6.45) is 1.76. The lowest BCUT2D eigenvalue weighted by atomic mass is 10.0. The summed E-state index contributed by atoms with van der Waals surface area (Å²) in [6, 6.07) is 12.5. The highest BCUT2D eigenvalue weighted by atomic mass is 32.1. The minimum Gasteiger partial charge on any atom is -0.493 e. The summed E-state index contributed by atoms with van der Waals surface area (Å²) in [4.78, 5) is 11.6. The number of para-hydroxylation sites is 1. The number of nitrogens with one attached hydrogen (secondary N) is 1. The van der Waals surface area contributed by atoms with Gasteiger partial charge in [-0.2, -0.15) is 0 Å². The van der Waals surface area contributed by atoms with Crippen molar-refractivity contribution in [1.82, 2.24) is 10.3 Å². The molecule has 1 unspecified atom stereocenters. The van der Waals surface area contributed by atoms with E-state index >= 15 is 0 Å². The molecule has 27 heavy (non-hydrogen) atoms. The second-order valence-corrected chi connectivity index (χ2v) is 8.64. The smallest absolute Gasteiger partial charge is 0.189 e. The van der Waals surface area contributed by atoms with Crippen LogP contribution in [0.1, 0.15) is 27.9 Å². The van der Waals surface area contributed by atoms with Crippen LogP contribution >= 0.6 is 22.7 Å². The topological polar surface area (TPSA) is 72.5 Å². The Morgan fingerprint density at radius 3 is 3.07 bits per heavy atom. The fraction of sp³-hybridized carbons (Fsp3) is 0.300. The molecule has 0 spiro atoms. The normalized spacial score (nSPS) is 16.6. The number of aromatic nitrogens is 1. The van der Waals surface area contributed by atoms with E-state index in [1.807, 2.05) is 25.1 Å². The SMILES string of the molecule is Cc1nc(-c2ccc(CCN=C(N)NC3CCOc4ccccc43)s2)cs1. The van der Waals surface area contributed by atoms with Crippen LogP contribution in [0.2, 0.25) is 0 Å². The predicted octanol–water partition coefficient (Wildman–Crippen LogP) is 4.15. The van der Waals surface area contributed by atoms with E-state index in [9.17, 15) is 0 Å².